The SMILES string of the molecule is COC(=O)c1cc(/C(C)=N/O)ccc1OC. The summed E-state index contributed by atoms with van der Waals surface area (Å²) in [5.74, 6) is -0.0780. The Morgan fingerprint density at radius 2 is 2.06 bits per heavy atom. The Morgan fingerprint density at radius 1 is 1.38 bits per heavy atom. The number of methoxy groups -OCH3 is 2. The lowest BCUT2D eigenvalue weighted by atomic mass is 10.1. The van der Waals surface area contributed by atoms with Crippen molar-refractivity contribution in [2.24, 2.45) is 5.16 Å². The predicted molar refractivity (Wildman–Crippen MR) is 58.3 cm³/mol. The van der Waals surface area contributed by atoms with Gasteiger partial charge in [-0.05, 0) is 25.1 Å². The number of benzene rings is 1. The number of hydrogen-bond acceptors (Lipinski definition) is 5. The normalized spacial score (nSPS) is 11.1. The van der Waals surface area contributed by atoms with E-state index in [1.807, 2.05) is 0 Å². The number of ether oxygens (including phenoxy) is 2. The van der Waals surface area contributed by atoms with Gasteiger partial charge in [-0.3, -0.25) is 0 Å². The monoisotopic (exact) mass is 223 g/mol. The van der Waals surface area contributed by atoms with Gasteiger partial charge in [0.25, 0.3) is 0 Å². The average molecular weight is 223 g/mol. The topological polar surface area (TPSA) is 68.1 Å². The van der Waals surface area contributed by atoms with Gasteiger partial charge in [-0.25, -0.2) is 4.79 Å². The Morgan fingerprint density at radius 3 is 2.56 bits per heavy atom. The van der Waals surface area contributed by atoms with Gasteiger partial charge in [0, 0.05) is 5.56 Å². The fourth-order valence-electron chi connectivity index (χ4n) is 1.26. The summed E-state index contributed by atoms with van der Waals surface area (Å²) >= 11 is 0. The Labute approximate surface area is 93.3 Å². The summed E-state index contributed by atoms with van der Waals surface area (Å²) in [7, 11) is 2.76. The Balaban J connectivity index is 3.26. The molecule has 1 aromatic carbocycles. The first-order valence-electron chi connectivity index (χ1n) is 4.59. The molecule has 0 spiro atoms. The van der Waals surface area contributed by atoms with E-state index in [9.17, 15) is 4.79 Å². The minimum absolute atomic E-state index is 0.297. The molecule has 0 fully saturated rings. The summed E-state index contributed by atoms with van der Waals surface area (Å²) in [6.07, 6.45) is 0. The van der Waals surface area contributed by atoms with Crippen molar-refractivity contribution in [3.05, 3.63) is 29.3 Å². The molecule has 1 rings (SSSR count). The van der Waals surface area contributed by atoms with Crippen molar-refractivity contribution in [2.75, 3.05) is 14.2 Å². The Kier molecular flexibility index (Phi) is 3.88. The highest BCUT2D eigenvalue weighted by Gasteiger charge is 2.14. The molecule has 0 heterocycles. The number of carbonyl (C=O) groups is 1. The molecule has 1 N–H and O–H groups in total. The molecule has 5 heteroatoms. The summed E-state index contributed by atoms with van der Waals surface area (Å²) in [5, 5.41) is 11.7. The standard InChI is InChI=1S/C11H13NO4/c1-7(12-14)8-4-5-10(15-2)9(6-8)11(13)16-3/h4-6,14H,1-3H3/b12-7+. The first-order chi connectivity index (χ1) is 7.63. The highest BCUT2D eigenvalue weighted by molar-refractivity contribution is 6.01. The quantitative estimate of drug-likeness (QED) is 0.366. The third-order valence-electron chi connectivity index (χ3n) is 2.17. The molecular formula is C11H13NO4. The van der Waals surface area contributed by atoms with Crippen molar-refractivity contribution in [1.82, 2.24) is 0 Å². The van der Waals surface area contributed by atoms with Gasteiger partial charge >= 0.3 is 5.97 Å². The van der Waals surface area contributed by atoms with E-state index in [1.54, 1.807) is 25.1 Å². The minimum Gasteiger partial charge on any atom is -0.496 e. The van der Waals surface area contributed by atoms with Gasteiger partial charge in [0.1, 0.15) is 11.3 Å². The van der Waals surface area contributed by atoms with Crippen LogP contribution in [0.2, 0.25) is 0 Å². The minimum atomic E-state index is -0.496. The van der Waals surface area contributed by atoms with E-state index in [0.29, 0.717) is 22.6 Å². The van der Waals surface area contributed by atoms with Crippen LogP contribution in [0, 0.1) is 0 Å². The van der Waals surface area contributed by atoms with Gasteiger partial charge in [0.05, 0.1) is 19.9 Å². The largest absolute Gasteiger partial charge is 0.496 e. The second kappa shape index (κ2) is 5.16. The second-order valence-corrected chi connectivity index (χ2v) is 3.09. The van der Waals surface area contributed by atoms with Gasteiger partial charge in [0.2, 0.25) is 0 Å². The molecule has 0 saturated heterocycles. The Bertz CT molecular complexity index is 426. The number of hydrogen-bond donors (Lipinski definition) is 1. The second-order valence-electron chi connectivity index (χ2n) is 3.09. The third-order valence-corrected chi connectivity index (χ3v) is 2.17. The predicted octanol–water partition coefficient (Wildman–Crippen LogP) is 1.68. The lowest BCUT2D eigenvalue weighted by molar-refractivity contribution is 0.0597. The molecule has 0 aliphatic heterocycles. The van der Waals surface area contributed by atoms with E-state index in [0.717, 1.165) is 0 Å². The molecule has 0 atom stereocenters. The summed E-state index contributed by atoms with van der Waals surface area (Å²) in [5.41, 5.74) is 1.34. The van der Waals surface area contributed by atoms with Gasteiger partial charge in [0.15, 0.2) is 0 Å². The smallest absolute Gasteiger partial charge is 0.341 e. The molecular weight excluding hydrogens is 210 g/mol. The molecule has 0 unspecified atom stereocenters. The Hall–Kier alpha value is -2.04. The van der Waals surface area contributed by atoms with Crippen LogP contribution in [0.15, 0.2) is 23.4 Å². The summed E-state index contributed by atoms with van der Waals surface area (Å²) in [6.45, 7) is 1.63. The molecule has 0 aliphatic carbocycles. The van der Waals surface area contributed by atoms with Crippen molar-refractivity contribution < 1.29 is 19.5 Å². The fraction of sp³-hybridized carbons (Fsp3) is 0.273. The highest BCUT2D eigenvalue weighted by Crippen LogP contribution is 2.21. The first-order valence-corrected chi connectivity index (χ1v) is 4.59. The van der Waals surface area contributed by atoms with Crippen LogP contribution in [0.1, 0.15) is 22.8 Å². The zero-order valence-electron chi connectivity index (χ0n) is 9.35. The van der Waals surface area contributed by atoms with Crippen LogP contribution < -0.4 is 4.74 Å². The maximum Gasteiger partial charge on any atom is 0.341 e. The van der Waals surface area contributed by atoms with E-state index in [-0.39, 0.29) is 0 Å². The highest BCUT2D eigenvalue weighted by atomic mass is 16.5. The van der Waals surface area contributed by atoms with Crippen molar-refractivity contribution in [3.8, 4) is 5.75 Å². The number of nitrogens with zero attached hydrogens (tertiary/aromatic N) is 1. The van der Waals surface area contributed by atoms with Crippen molar-refractivity contribution >= 4 is 11.7 Å². The molecule has 0 aromatic heterocycles. The van der Waals surface area contributed by atoms with E-state index >= 15 is 0 Å². The van der Waals surface area contributed by atoms with Crippen molar-refractivity contribution in [1.29, 1.82) is 0 Å². The van der Waals surface area contributed by atoms with Crippen LogP contribution in [0.25, 0.3) is 0 Å². The fourth-order valence-corrected chi connectivity index (χ4v) is 1.26. The van der Waals surface area contributed by atoms with E-state index in [2.05, 4.69) is 9.89 Å². The van der Waals surface area contributed by atoms with Crippen molar-refractivity contribution in [3.63, 3.8) is 0 Å². The number of oxime groups is 1. The third kappa shape index (κ3) is 2.31. The van der Waals surface area contributed by atoms with Crippen LogP contribution >= 0.6 is 0 Å². The first kappa shape index (κ1) is 12.0. The van der Waals surface area contributed by atoms with Crippen LogP contribution in [0.5, 0.6) is 5.75 Å². The molecule has 0 saturated carbocycles. The molecule has 16 heavy (non-hydrogen) atoms. The molecule has 1 aromatic rings. The lowest BCUT2D eigenvalue weighted by Crippen LogP contribution is -2.06. The maximum absolute atomic E-state index is 11.5. The van der Waals surface area contributed by atoms with Crippen molar-refractivity contribution in [2.45, 2.75) is 6.92 Å². The van der Waals surface area contributed by atoms with E-state index in [4.69, 9.17) is 9.94 Å². The number of rotatable bonds is 3. The van der Waals surface area contributed by atoms with E-state index < -0.39 is 5.97 Å². The summed E-state index contributed by atoms with van der Waals surface area (Å²) in [6, 6.07) is 4.87. The van der Waals surface area contributed by atoms with Gasteiger partial charge in [-0.2, -0.15) is 0 Å². The van der Waals surface area contributed by atoms with Crippen LogP contribution in [-0.4, -0.2) is 31.1 Å². The average Bonchev–Trinajstić information content (AvgIpc) is 2.35. The van der Waals surface area contributed by atoms with Crippen LogP contribution in [0.4, 0.5) is 0 Å². The molecule has 0 radical (unpaired) electrons. The molecule has 86 valence electrons. The van der Waals surface area contributed by atoms with Gasteiger partial charge in [-0.15, -0.1) is 0 Å². The molecule has 0 bridgehead atoms. The van der Waals surface area contributed by atoms with Crippen LogP contribution in [-0.2, 0) is 4.74 Å². The summed E-state index contributed by atoms with van der Waals surface area (Å²) < 4.78 is 9.66. The lowest BCUT2D eigenvalue weighted by Gasteiger charge is -2.08. The number of esters is 1. The zero-order valence-corrected chi connectivity index (χ0v) is 9.35. The molecule has 0 amide bonds. The molecule has 5 nitrogen and oxygen atoms in total. The van der Waals surface area contributed by atoms with Gasteiger partial charge < -0.3 is 14.7 Å². The zero-order chi connectivity index (χ0) is 12.1. The van der Waals surface area contributed by atoms with E-state index in [1.165, 1.54) is 14.2 Å². The summed E-state index contributed by atoms with van der Waals surface area (Å²) in [4.78, 5) is 11.5. The van der Waals surface area contributed by atoms with Gasteiger partial charge in [-0.1, -0.05) is 5.16 Å². The van der Waals surface area contributed by atoms with Crippen LogP contribution in [0.3, 0.4) is 0 Å². The maximum atomic E-state index is 11.5. The number of carbonyl (C=O) groups excluding carboxylic acids is 1. The molecule has 0 aliphatic rings.